The lowest BCUT2D eigenvalue weighted by Crippen LogP contribution is -2.32. The van der Waals surface area contributed by atoms with Crippen molar-refractivity contribution in [3.63, 3.8) is 0 Å². The second kappa shape index (κ2) is 9.51. The molecule has 3 aromatic rings. The minimum absolute atomic E-state index is 0.108. The van der Waals surface area contributed by atoms with Gasteiger partial charge in [-0.2, -0.15) is 0 Å². The van der Waals surface area contributed by atoms with E-state index in [1.165, 1.54) is 0 Å². The molecule has 0 aliphatic rings. The van der Waals surface area contributed by atoms with Crippen LogP contribution >= 0.6 is 0 Å². The topological polar surface area (TPSA) is 82.3 Å². The number of rotatable bonds is 6. The Morgan fingerprint density at radius 3 is 2.17 bits per heavy atom. The van der Waals surface area contributed by atoms with Gasteiger partial charge in [-0.15, -0.1) is 0 Å². The Balaban J connectivity index is 1.58. The molecule has 30 heavy (non-hydrogen) atoms. The van der Waals surface area contributed by atoms with Gasteiger partial charge in [0.1, 0.15) is 17.7 Å². The van der Waals surface area contributed by atoms with Gasteiger partial charge in [0.15, 0.2) is 0 Å². The quantitative estimate of drug-likeness (QED) is 0.459. The minimum Gasteiger partial charge on any atom is -0.374 e. The summed E-state index contributed by atoms with van der Waals surface area (Å²) >= 11 is 0. The van der Waals surface area contributed by atoms with E-state index in [4.69, 9.17) is 0 Å². The van der Waals surface area contributed by atoms with Crippen LogP contribution in [-0.4, -0.2) is 18.0 Å². The lowest BCUT2D eigenvalue weighted by molar-refractivity contribution is -0.116. The fraction of sp³-hybridized carbons (Fsp3) is 0.0909. The third kappa shape index (κ3) is 5.78. The average molecular weight is 410 g/mol. The molecule has 1 atom stereocenters. The predicted octanol–water partition coefficient (Wildman–Crippen LogP) is 5.05. The van der Waals surface area contributed by atoms with E-state index >= 15 is 0 Å². The molecule has 0 heterocycles. The maximum atomic E-state index is 13.7. The summed E-state index contributed by atoms with van der Waals surface area (Å²) in [5.41, 5.74) is 1.64. The number of carbonyl (C=O) groups excluding carboxylic acids is 2. The van der Waals surface area contributed by atoms with E-state index in [-0.39, 0.29) is 5.69 Å². The van der Waals surface area contributed by atoms with Crippen LogP contribution in [0.4, 0.5) is 36.3 Å². The first-order valence-corrected chi connectivity index (χ1v) is 9.16. The molecule has 0 bridgehead atoms. The van der Waals surface area contributed by atoms with Crippen LogP contribution in [0.1, 0.15) is 6.92 Å². The zero-order valence-electron chi connectivity index (χ0n) is 16.1. The van der Waals surface area contributed by atoms with Crippen LogP contribution in [0.15, 0.2) is 72.8 Å². The summed E-state index contributed by atoms with van der Waals surface area (Å²) in [6.45, 7) is 1.60. The number of hydrogen-bond donors (Lipinski definition) is 4. The van der Waals surface area contributed by atoms with E-state index in [0.717, 1.165) is 12.1 Å². The first-order valence-electron chi connectivity index (χ1n) is 9.16. The van der Waals surface area contributed by atoms with Crippen molar-refractivity contribution in [2.24, 2.45) is 0 Å². The molecular weight excluding hydrogens is 390 g/mol. The third-order valence-corrected chi connectivity index (χ3v) is 4.12. The summed E-state index contributed by atoms with van der Waals surface area (Å²) in [5, 5.41) is 10.8. The van der Waals surface area contributed by atoms with Crippen LogP contribution in [0.5, 0.6) is 0 Å². The van der Waals surface area contributed by atoms with Crippen LogP contribution in [-0.2, 0) is 4.79 Å². The minimum atomic E-state index is -0.855. The SMILES string of the molecule is C[C@H](Nc1cccc(NC(=O)Nc2ccccc2)c1)C(=O)Nc1ccc(F)cc1F. The summed E-state index contributed by atoms with van der Waals surface area (Å²) < 4.78 is 26.7. The zero-order chi connectivity index (χ0) is 21.5. The molecule has 0 saturated carbocycles. The molecule has 0 radical (unpaired) electrons. The van der Waals surface area contributed by atoms with Gasteiger partial charge in [-0.25, -0.2) is 13.6 Å². The van der Waals surface area contributed by atoms with E-state index in [0.29, 0.717) is 23.1 Å². The van der Waals surface area contributed by atoms with E-state index in [9.17, 15) is 18.4 Å². The highest BCUT2D eigenvalue weighted by Crippen LogP contribution is 2.18. The Morgan fingerprint density at radius 1 is 0.767 bits per heavy atom. The van der Waals surface area contributed by atoms with Gasteiger partial charge >= 0.3 is 6.03 Å². The van der Waals surface area contributed by atoms with Crippen molar-refractivity contribution >= 4 is 34.7 Å². The Labute approximate surface area is 172 Å². The molecular formula is C22H20F2N4O2. The van der Waals surface area contributed by atoms with Crippen LogP contribution in [0.2, 0.25) is 0 Å². The molecule has 0 aromatic heterocycles. The fourth-order valence-electron chi connectivity index (χ4n) is 2.65. The fourth-order valence-corrected chi connectivity index (χ4v) is 2.65. The summed E-state index contributed by atoms with van der Waals surface area (Å²) in [5.74, 6) is -2.08. The number of carbonyl (C=O) groups is 2. The molecule has 0 spiro atoms. The Hall–Kier alpha value is -3.94. The smallest absolute Gasteiger partial charge is 0.323 e. The second-order valence-electron chi connectivity index (χ2n) is 6.51. The van der Waals surface area contributed by atoms with Crippen LogP contribution in [0.25, 0.3) is 0 Å². The van der Waals surface area contributed by atoms with Crippen molar-refractivity contribution in [1.29, 1.82) is 0 Å². The molecule has 3 aromatic carbocycles. The normalized spacial score (nSPS) is 11.3. The Morgan fingerprint density at radius 2 is 1.43 bits per heavy atom. The number of benzene rings is 3. The highest BCUT2D eigenvalue weighted by Gasteiger charge is 2.15. The number of hydrogen-bond acceptors (Lipinski definition) is 3. The van der Waals surface area contributed by atoms with Gasteiger partial charge < -0.3 is 21.3 Å². The van der Waals surface area contributed by atoms with E-state index in [2.05, 4.69) is 21.3 Å². The molecule has 3 rings (SSSR count). The monoisotopic (exact) mass is 410 g/mol. The lowest BCUT2D eigenvalue weighted by Gasteiger charge is -2.16. The molecule has 4 N–H and O–H groups in total. The first-order chi connectivity index (χ1) is 14.4. The largest absolute Gasteiger partial charge is 0.374 e. The van der Waals surface area contributed by atoms with Gasteiger partial charge in [-0.3, -0.25) is 4.79 Å². The van der Waals surface area contributed by atoms with Crippen molar-refractivity contribution in [2.75, 3.05) is 21.3 Å². The standard InChI is InChI=1S/C22H20F2N4O2/c1-14(21(29)28-20-11-10-15(23)12-19(20)24)25-17-8-5-9-18(13-17)27-22(30)26-16-6-3-2-4-7-16/h2-14,25H,1H3,(H,28,29)(H2,26,27,30)/t14-/m0/s1. The number of anilines is 4. The lowest BCUT2D eigenvalue weighted by atomic mass is 10.2. The van der Waals surface area contributed by atoms with Crippen molar-refractivity contribution < 1.29 is 18.4 Å². The number of urea groups is 1. The zero-order valence-corrected chi connectivity index (χ0v) is 16.1. The summed E-state index contributed by atoms with van der Waals surface area (Å²) in [4.78, 5) is 24.4. The molecule has 6 nitrogen and oxygen atoms in total. The van der Waals surface area contributed by atoms with Crippen LogP contribution in [0, 0.1) is 11.6 Å². The molecule has 154 valence electrons. The van der Waals surface area contributed by atoms with Crippen molar-refractivity contribution in [2.45, 2.75) is 13.0 Å². The highest BCUT2D eigenvalue weighted by molar-refractivity contribution is 6.00. The molecule has 0 aliphatic heterocycles. The van der Waals surface area contributed by atoms with Crippen molar-refractivity contribution in [3.05, 3.63) is 84.4 Å². The van der Waals surface area contributed by atoms with E-state index in [1.54, 1.807) is 43.3 Å². The number of halogens is 2. The van der Waals surface area contributed by atoms with Crippen molar-refractivity contribution in [1.82, 2.24) is 0 Å². The van der Waals surface area contributed by atoms with Gasteiger partial charge in [0.25, 0.3) is 0 Å². The maximum Gasteiger partial charge on any atom is 0.323 e. The number of amides is 3. The molecule has 8 heteroatoms. The van der Waals surface area contributed by atoms with Gasteiger partial charge in [-0.1, -0.05) is 24.3 Å². The van der Waals surface area contributed by atoms with Gasteiger partial charge in [0.2, 0.25) is 5.91 Å². The highest BCUT2D eigenvalue weighted by atomic mass is 19.1. The molecule has 0 unspecified atom stereocenters. The third-order valence-electron chi connectivity index (χ3n) is 4.12. The number of para-hydroxylation sites is 1. The molecule has 3 amide bonds. The first kappa shape index (κ1) is 20.8. The second-order valence-corrected chi connectivity index (χ2v) is 6.51. The Bertz CT molecular complexity index is 1040. The van der Waals surface area contributed by atoms with Crippen molar-refractivity contribution in [3.8, 4) is 0 Å². The summed E-state index contributed by atoms with van der Waals surface area (Å²) in [6.07, 6.45) is 0. The van der Waals surface area contributed by atoms with Crippen LogP contribution < -0.4 is 21.3 Å². The molecule has 0 saturated heterocycles. The van der Waals surface area contributed by atoms with E-state index in [1.807, 2.05) is 18.2 Å². The number of nitrogens with one attached hydrogen (secondary N) is 4. The summed E-state index contributed by atoms with van der Waals surface area (Å²) in [7, 11) is 0. The maximum absolute atomic E-state index is 13.7. The molecule has 0 aliphatic carbocycles. The Kier molecular flexibility index (Phi) is 6.59. The van der Waals surface area contributed by atoms with E-state index < -0.39 is 29.6 Å². The van der Waals surface area contributed by atoms with Crippen LogP contribution in [0.3, 0.4) is 0 Å². The van der Waals surface area contributed by atoms with Gasteiger partial charge in [0, 0.05) is 23.1 Å². The van der Waals surface area contributed by atoms with Gasteiger partial charge in [-0.05, 0) is 49.4 Å². The summed E-state index contributed by atoms with van der Waals surface area (Å²) in [6, 6.07) is 17.6. The molecule has 0 fully saturated rings. The van der Waals surface area contributed by atoms with Gasteiger partial charge in [0.05, 0.1) is 5.69 Å². The predicted molar refractivity (Wildman–Crippen MR) is 114 cm³/mol. The average Bonchev–Trinajstić information content (AvgIpc) is 2.71.